The lowest BCUT2D eigenvalue weighted by Crippen LogP contribution is -1.94. The summed E-state index contributed by atoms with van der Waals surface area (Å²) in [5.41, 5.74) is 20.0. The fourth-order valence-corrected chi connectivity index (χ4v) is 8.26. The minimum atomic E-state index is 1.20. The Morgan fingerprint density at radius 3 is 1.23 bits per heavy atom. The molecule has 0 radical (unpaired) electrons. The Morgan fingerprint density at radius 1 is 0.192 bits per heavy atom. The number of fused-ring (bicyclic) bond motifs is 3. The highest BCUT2D eigenvalue weighted by Crippen LogP contribution is 2.57. The van der Waals surface area contributed by atoms with Crippen LogP contribution in [-0.4, -0.2) is 0 Å². The van der Waals surface area contributed by atoms with Crippen molar-refractivity contribution in [2.45, 2.75) is 0 Å². The molecule has 0 amide bonds. The van der Waals surface area contributed by atoms with Gasteiger partial charge in [0.1, 0.15) is 0 Å². The molecule has 0 aliphatic heterocycles. The molecule has 0 heterocycles. The number of rotatable bonds is 6. The van der Waals surface area contributed by atoms with E-state index in [2.05, 4.69) is 206 Å². The third-order valence-electron chi connectivity index (χ3n) is 10.6. The molecule has 1 aliphatic carbocycles. The van der Waals surface area contributed by atoms with E-state index in [1.807, 2.05) is 0 Å². The van der Waals surface area contributed by atoms with Crippen molar-refractivity contribution in [2.75, 3.05) is 0 Å². The van der Waals surface area contributed by atoms with E-state index in [0.717, 1.165) is 0 Å². The molecule has 242 valence electrons. The van der Waals surface area contributed by atoms with Crippen molar-refractivity contribution in [3.05, 3.63) is 206 Å². The average molecular weight is 659 g/mol. The first-order valence-corrected chi connectivity index (χ1v) is 18.0. The van der Waals surface area contributed by atoms with Crippen LogP contribution in [0.25, 0.3) is 99.8 Å². The van der Waals surface area contributed by atoms with Crippen LogP contribution in [0.1, 0.15) is 0 Å². The molecule has 0 N–H and O–H groups in total. The third kappa shape index (κ3) is 5.00. The molecule has 0 unspecified atom stereocenters. The lowest BCUT2D eigenvalue weighted by atomic mass is 9.82. The Morgan fingerprint density at radius 2 is 0.635 bits per heavy atom. The van der Waals surface area contributed by atoms with Gasteiger partial charge in [-0.15, -0.1) is 0 Å². The average Bonchev–Trinajstić information content (AvgIpc) is 3.57. The summed E-state index contributed by atoms with van der Waals surface area (Å²) in [5, 5.41) is 2.62. The fraction of sp³-hybridized carbons (Fsp3) is 0. The van der Waals surface area contributed by atoms with Gasteiger partial charge in [0.2, 0.25) is 0 Å². The first-order chi connectivity index (χ1) is 25.8. The topological polar surface area (TPSA) is 0 Å². The van der Waals surface area contributed by atoms with Crippen LogP contribution in [0.4, 0.5) is 0 Å². The van der Waals surface area contributed by atoms with E-state index in [9.17, 15) is 0 Å². The molecule has 9 aromatic rings. The SMILES string of the molecule is c1ccc(-c2ccc(-c3ccc(-c4cc(-c5ccccc5)c5c(c4-c4ccccc4)-c4cccc6cccc-5c46)cc3)cc2-c2ccccc2)cc1. The Balaban J connectivity index is 1.18. The molecule has 0 saturated carbocycles. The Labute approximate surface area is 305 Å². The zero-order valence-electron chi connectivity index (χ0n) is 28.6. The molecule has 0 spiro atoms. The van der Waals surface area contributed by atoms with Crippen LogP contribution < -0.4 is 0 Å². The van der Waals surface area contributed by atoms with Gasteiger partial charge in [-0.25, -0.2) is 0 Å². The maximum Gasteiger partial charge on any atom is -0.000764 e. The van der Waals surface area contributed by atoms with Gasteiger partial charge in [0, 0.05) is 0 Å². The third-order valence-corrected chi connectivity index (χ3v) is 10.6. The van der Waals surface area contributed by atoms with Crippen molar-refractivity contribution < 1.29 is 0 Å². The Hall–Kier alpha value is -6.76. The summed E-state index contributed by atoms with van der Waals surface area (Å²) in [6, 6.07) is 75.3. The van der Waals surface area contributed by atoms with Gasteiger partial charge in [-0.1, -0.05) is 194 Å². The summed E-state index contributed by atoms with van der Waals surface area (Å²) in [5.74, 6) is 0. The summed E-state index contributed by atoms with van der Waals surface area (Å²) in [7, 11) is 0. The van der Waals surface area contributed by atoms with E-state index in [4.69, 9.17) is 0 Å². The van der Waals surface area contributed by atoms with Crippen LogP contribution in [-0.2, 0) is 0 Å². The standard InChI is InChI=1S/C52H34/c1-5-15-36(16-6-1)43-32-31-42(33-46(43)37-17-7-2-8-18-37)35-27-29-39(30-28-35)47-34-48(38-19-9-3-10-20-38)51-44-25-13-23-40-24-14-26-45(49(40)44)52(51)50(47)41-21-11-4-12-22-41/h1-34H. The molecule has 0 fully saturated rings. The van der Waals surface area contributed by atoms with Crippen LogP contribution >= 0.6 is 0 Å². The Bertz CT molecular complexity index is 2720. The van der Waals surface area contributed by atoms with Crippen molar-refractivity contribution in [3.8, 4) is 89.0 Å². The van der Waals surface area contributed by atoms with Crippen LogP contribution in [0.5, 0.6) is 0 Å². The molecule has 0 saturated heterocycles. The molecule has 10 rings (SSSR count). The minimum Gasteiger partial charge on any atom is -0.0622 e. The molecular formula is C52H34. The van der Waals surface area contributed by atoms with Crippen molar-refractivity contribution in [1.82, 2.24) is 0 Å². The van der Waals surface area contributed by atoms with Crippen LogP contribution in [0, 0.1) is 0 Å². The number of hydrogen-bond acceptors (Lipinski definition) is 0. The van der Waals surface area contributed by atoms with E-state index >= 15 is 0 Å². The largest absolute Gasteiger partial charge is 0.0622 e. The monoisotopic (exact) mass is 658 g/mol. The zero-order chi connectivity index (χ0) is 34.4. The lowest BCUT2D eigenvalue weighted by molar-refractivity contribution is 1.55. The van der Waals surface area contributed by atoms with Gasteiger partial charge in [0.05, 0.1) is 0 Å². The van der Waals surface area contributed by atoms with Crippen LogP contribution in [0.2, 0.25) is 0 Å². The maximum atomic E-state index is 2.44. The molecule has 0 heteroatoms. The van der Waals surface area contributed by atoms with Crippen LogP contribution in [0.15, 0.2) is 206 Å². The first-order valence-electron chi connectivity index (χ1n) is 18.0. The van der Waals surface area contributed by atoms with Gasteiger partial charge < -0.3 is 0 Å². The van der Waals surface area contributed by atoms with E-state index < -0.39 is 0 Å². The molecule has 52 heavy (non-hydrogen) atoms. The summed E-state index contributed by atoms with van der Waals surface area (Å²) in [6.45, 7) is 0. The molecular weight excluding hydrogens is 625 g/mol. The lowest BCUT2D eigenvalue weighted by Gasteiger charge is -2.21. The summed E-state index contributed by atoms with van der Waals surface area (Å²) in [4.78, 5) is 0. The molecule has 0 atom stereocenters. The predicted octanol–water partition coefficient (Wildman–Crippen LogP) is 14.5. The predicted molar refractivity (Wildman–Crippen MR) is 221 cm³/mol. The van der Waals surface area contributed by atoms with Crippen molar-refractivity contribution in [2.24, 2.45) is 0 Å². The summed E-state index contributed by atoms with van der Waals surface area (Å²) in [6.07, 6.45) is 0. The van der Waals surface area contributed by atoms with Gasteiger partial charge in [0.25, 0.3) is 0 Å². The Kier molecular flexibility index (Phi) is 7.25. The number of hydrogen-bond donors (Lipinski definition) is 0. The minimum absolute atomic E-state index is 1.20. The van der Waals surface area contributed by atoms with E-state index in [-0.39, 0.29) is 0 Å². The zero-order valence-corrected chi connectivity index (χ0v) is 28.6. The molecule has 0 aromatic heterocycles. The van der Waals surface area contributed by atoms with E-state index in [1.54, 1.807) is 0 Å². The smallest absolute Gasteiger partial charge is 0.000764 e. The van der Waals surface area contributed by atoms with Gasteiger partial charge in [-0.05, 0) is 112 Å². The second-order valence-corrected chi connectivity index (χ2v) is 13.6. The highest BCUT2D eigenvalue weighted by Gasteiger charge is 2.30. The molecule has 0 nitrogen and oxygen atoms in total. The van der Waals surface area contributed by atoms with Gasteiger partial charge in [0.15, 0.2) is 0 Å². The second-order valence-electron chi connectivity index (χ2n) is 13.6. The highest BCUT2D eigenvalue weighted by atomic mass is 14.3. The van der Waals surface area contributed by atoms with E-state index in [0.29, 0.717) is 0 Å². The van der Waals surface area contributed by atoms with Gasteiger partial charge >= 0.3 is 0 Å². The normalized spacial score (nSPS) is 11.5. The van der Waals surface area contributed by atoms with Crippen LogP contribution in [0.3, 0.4) is 0 Å². The summed E-state index contributed by atoms with van der Waals surface area (Å²) < 4.78 is 0. The van der Waals surface area contributed by atoms with Gasteiger partial charge in [-0.2, -0.15) is 0 Å². The quantitative estimate of drug-likeness (QED) is 0.167. The van der Waals surface area contributed by atoms with Crippen molar-refractivity contribution in [1.29, 1.82) is 0 Å². The van der Waals surface area contributed by atoms with E-state index in [1.165, 1.54) is 99.8 Å². The molecule has 1 aliphatic rings. The highest BCUT2D eigenvalue weighted by molar-refractivity contribution is 6.22. The van der Waals surface area contributed by atoms with Gasteiger partial charge in [-0.3, -0.25) is 0 Å². The maximum absolute atomic E-state index is 2.44. The van der Waals surface area contributed by atoms with Crippen molar-refractivity contribution >= 4 is 10.8 Å². The number of benzene rings is 9. The molecule has 9 aromatic carbocycles. The van der Waals surface area contributed by atoms with Crippen molar-refractivity contribution in [3.63, 3.8) is 0 Å². The first kappa shape index (κ1) is 30.1. The molecule has 0 bridgehead atoms. The second kappa shape index (κ2) is 12.5. The summed E-state index contributed by atoms with van der Waals surface area (Å²) >= 11 is 0. The fourth-order valence-electron chi connectivity index (χ4n) is 8.26.